The molecular formula is C16H19BrN4O. The number of rotatable bonds is 3. The van der Waals surface area contributed by atoms with Crippen molar-refractivity contribution in [3.05, 3.63) is 51.3 Å². The summed E-state index contributed by atoms with van der Waals surface area (Å²) >= 11 is 3.42. The first-order chi connectivity index (χ1) is 10.4. The summed E-state index contributed by atoms with van der Waals surface area (Å²) in [5.74, 6) is 0. The Kier molecular flexibility index (Phi) is 5.03. The first kappa shape index (κ1) is 16.3. The highest BCUT2D eigenvalue weighted by atomic mass is 79.9. The molecule has 0 radical (unpaired) electrons. The molecule has 0 aliphatic rings. The number of halogens is 1. The predicted molar refractivity (Wildman–Crippen MR) is 93.5 cm³/mol. The van der Waals surface area contributed by atoms with E-state index in [9.17, 15) is 4.79 Å². The number of hydrogen-bond donors (Lipinski definition) is 2. The number of nitrogens with one attached hydrogen (secondary N) is 2. The Morgan fingerprint density at radius 3 is 2.59 bits per heavy atom. The first-order valence-corrected chi connectivity index (χ1v) is 7.67. The van der Waals surface area contributed by atoms with E-state index in [1.807, 2.05) is 52.1 Å². The number of aromatic nitrogens is 1. The van der Waals surface area contributed by atoms with Crippen LogP contribution in [-0.2, 0) is 7.05 Å². The van der Waals surface area contributed by atoms with Crippen molar-refractivity contribution in [2.24, 2.45) is 12.1 Å². The lowest BCUT2D eigenvalue weighted by atomic mass is 10.2. The highest BCUT2D eigenvalue weighted by Gasteiger charge is 2.04. The summed E-state index contributed by atoms with van der Waals surface area (Å²) < 4.78 is 3.08. The molecular weight excluding hydrogens is 344 g/mol. The predicted octanol–water partition coefficient (Wildman–Crippen LogP) is 3.87. The van der Waals surface area contributed by atoms with Gasteiger partial charge < -0.3 is 9.88 Å². The van der Waals surface area contributed by atoms with Gasteiger partial charge in [0.1, 0.15) is 0 Å². The molecule has 2 aromatic rings. The summed E-state index contributed by atoms with van der Waals surface area (Å²) in [7, 11) is 2.00. The van der Waals surface area contributed by atoms with E-state index in [4.69, 9.17) is 0 Å². The van der Waals surface area contributed by atoms with Gasteiger partial charge in [-0.15, -0.1) is 0 Å². The van der Waals surface area contributed by atoms with Crippen molar-refractivity contribution in [2.45, 2.75) is 20.8 Å². The Labute approximate surface area is 138 Å². The summed E-state index contributed by atoms with van der Waals surface area (Å²) in [4.78, 5) is 11.8. The topological polar surface area (TPSA) is 58.4 Å². The van der Waals surface area contributed by atoms with Crippen LogP contribution in [0.1, 0.15) is 22.5 Å². The molecule has 0 unspecified atom stereocenters. The number of nitrogens with zero attached hydrogens (tertiary/aromatic N) is 2. The van der Waals surface area contributed by atoms with E-state index in [1.165, 1.54) is 0 Å². The van der Waals surface area contributed by atoms with Gasteiger partial charge in [0.25, 0.3) is 0 Å². The molecule has 1 aromatic heterocycles. The molecule has 0 bridgehead atoms. The molecule has 2 N–H and O–H groups in total. The summed E-state index contributed by atoms with van der Waals surface area (Å²) in [5, 5.41) is 6.72. The molecule has 0 spiro atoms. The van der Waals surface area contributed by atoms with Crippen LogP contribution in [0.2, 0.25) is 0 Å². The fraction of sp³-hybridized carbons (Fsp3) is 0.250. The van der Waals surface area contributed by atoms with Crippen molar-refractivity contribution in [3.8, 4) is 0 Å². The Morgan fingerprint density at radius 1 is 1.27 bits per heavy atom. The second-order valence-corrected chi connectivity index (χ2v) is 6.03. The number of hydrogen-bond acceptors (Lipinski definition) is 2. The molecule has 0 aliphatic carbocycles. The van der Waals surface area contributed by atoms with Gasteiger partial charge in [0.05, 0.1) is 6.21 Å². The Bertz CT molecular complexity index is 734. The average molecular weight is 363 g/mol. The number of hydrazone groups is 1. The van der Waals surface area contributed by atoms with Crippen molar-refractivity contribution >= 4 is 33.9 Å². The zero-order valence-corrected chi connectivity index (χ0v) is 14.7. The first-order valence-electron chi connectivity index (χ1n) is 6.87. The monoisotopic (exact) mass is 362 g/mol. The van der Waals surface area contributed by atoms with Gasteiger partial charge in [0, 0.05) is 34.2 Å². The standard InChI is InChI=1S/C16H19BrN4O/c1-10-7-14(5-6-15(10)17)19-16(22)20-18-9-13-8-11(2)21(4)12(13)3/h5-9H,1-4H3,(H2,19,20,22)/b18-9-. The summed E-state index contributed by atoms with van der Waals surface area (Å²) in [5.41, 5.74) is 7.48. The van der Waals surface area contributed by atoms with Gasteiger partial charge in [-0.2, -0.15) is 5.10 Å². The van der Waals surface area contributed by atoms with Gasteiger partial charge in [-0.05, 0) is 50.6 Å². The largest absolute Gasteiger partial charge is 0.352 e. The molecule has 0 saturated carbocycles. The third-order valence-corrected chi connectivity index (χ3v) is 4.49. The molecule has 1 heterocycles. The molecule has 0 aliphatic heterocycles. The fourth-order valence-electron chi connectivity index (χ4n) is 2.06. The smallest absolute Gasteiger partial charge is 0.339 e. The van der Waals surface area contributed by atoms with Crippen LogP contribution < -0.4 is 10.7 Å². The number of amides is 2. The van der Waals surface area contributed by atoms with Crippen LogP contribution in [0.5, 0.6) is 0 Å². The zero-order valence-electron chi connectivity index (χ0n) is 13.1. The summed E-state index contributed by atoms with van der Waals surface area (Å²) in [6.07, 6.45) is 1.65. The second kappa shape index (κ2) is 6.79. The number of benzene rings is 1. The lowest BCUT2D eigenvalue weighted by molar-refractivity contribution is 0.252. The van der Waals surface area contributed by atoms with Crippen molar-refractivity contribution in [2.75, 3.05) is 5.32 Å². The van der Waals surface area contributed by atoms with E-state index in [1.54, 1.807) is 6.21 Å². The number of carbonyl (C=O) groups excluding carboxylic acids is 1. The molecule has 0 fully saturated rings. The van der Waals surface area contributed by atoms with Gasteiger partial charge in [0.2, 0.25) is 0 Å². The number of urea groups is 1. The molecule has 0 saturated heterocycles. The maximum Gasteiger partial charge on any atom is 0.339 e. The number of aryl methyl sites for hydroxylation is 2. The van der Waals surface area contributed by atoms with Gasteiger partial charge in [-0.25, -0.2) is 10.2 Å². The maximum absolute atomic E-state index is 11.8. The lowest BCUT2D eigenvalue weighted by Crippen LogP contribution is -2.24. The molecule has 22 heavy (non-hydrogen) atoms. The fourth-order valence-corrected chi connectivity index (χ4v) is 2.30. The van der Waals surface area contributed by atoms with E-state index in [-0.39, 0.29) is 6.03 Å². The van der Waals surface area contributed by atoms with Crippen molar-refractivity contribution < 1.29 is 4.79 Å². The SMILES string of the molecule is Cc1cc(NC(=O)N/N=C\c2cc(C)n(C)c2C)ccc1Br. The Balaban J connectivity index is 1.96. The minimum Gasteiger partial charge on any atom is -0.352 e. The molecule has 0 atom stereocenters. The zero-order chi connectivity index (χ0) is 16.3. The van der Waals surface area contributed by atoms with Crippen molar-refractivity contribution in [3.63, 3.8) is 0 Å². The molecule has 2 amide bonds. The molecule has 116 valence electrons. The van der Waals surface area contributed by atoms with Crippen LogP contribution >= 0.6 is 15.9 Å². The molecule has 6 heteroatoms. The third-order valence-electron chi connectivity index (χ3n) is 3.60. The van der Waals surface area contributed by atoms with Gasteiger partial charge in [-0.3, -0.25) is 0 Å². The maximum atomic E-state index is 11.8. The minimum absolute atomic E-state index is 0.372. The van der Waals surface area contributed by atoms with Gasteiger partial charge in [-0.1, -0.05) is 15.9 Å². The van der Waals surface area contributed by atoms with E-state index in [0.717, 1.165) is 32.7 Å². The quantitative estimate of drug-likeness (QED) is 0.631. The normalized spacial score (nSPS) is 11.0. The van der Waals surface area contributed by atoms with E-state index in [0.29, 0.717) is 0 Å². The molecule has 1 aromatic carbocycles. The van der Waals surface area contributed by atoms with Crippen LogP contribution in [0.25, 0.3) is 0 Å². The van der Waals surface area contributed by atoms with E-state index in [2.05, 4.69) is 36.3 Å². The van der Waals surface area contributed by atoms with E-state index < -0.39 is 0 Å². The van der Waals surface area contributed by atoms with E-state index >= 15 is 0 Å². The average Bonchev–Trinajstić information content (AvgIpc) is 2.70. The van der Waals surface area contributed by atoms with Crippen LogP contribution in [0.15, 0.2) is 33.8 Å². The second-order valence-electron chi connectivity index (χ2n) is 5.17. The summed E-state index contributed by atoms with van der Waals surface area (Å²) in [6, 6.07) is 7.26. The van der Waals surface area contributed by atoms with Gasteiger partial charge >= 0.3 is 6.03 Å². The third kappa shape index (κ3) is 3.76. The Morgan fingerprint density at radius 2 is 2.00 bits per heavy atom. The summed E-state index contributed by atoms with van der Waals surface area (Å²) in [6.45, 7) is 6.01. The van der Waals surface area contributed by atoms with Gasteiger partial charge in [0.15, 0.2) is 0 Å². The molecule has 5 nitrogen and oxygen atoms in total. The van der Waals surface area contributed by atoms with Crippen LogP contribution in [0.4, 0.5) is 10.5 Å². The number of anilines is 1. The van der Waals surface area contributed by atoms with Crippen LogP contribution in [-0.4, -0.2) is 16.8 Å². The van der Waals surface area contributed by atoms with Crippen LogP contribution in [0.3, 0.4) is 0 Å². The van der Waals surface area contributed by atoms with Crippen molar-refractivity contribution in [1.29, 1.82) is 0 Å². The number of carbonyl (C=O) groups is 1. The highest BCUT2D eigenvalue weighted by molar-refractivity contribution is 9.10. The highest BCUT2D eigenvalue weighted by Crippen LogP contribution is 2.19. The van der Waals surface area contributed by atoms with Crippen LogP contribution in [0, 0.1) is 20.8 Å². The molecule has 2 rings (SSSR count). The van der Waals surface area contributed by atoms with Crippen molar-refractivity contribution in [1.82, 2.24) is 9.99 Å². The lowest BCUT2D eigenvalue weighted by Gasteiger charge is -2.06. The minimum atomic E-state index is -0.372. The Hall–Kier alpha value is -2.08.